The fourth-order valence-electron chi connectivity index (χ4n) is 3.47. The van der Waals surface area contributed by atoms with E-state index >= 15 is 0 Å². The summed E-state index contributed by atoms with van der Waals surface area (Å²) in [5.41, 5.74) is 1.59. The van der Waals surface area contributed by atoms with E-state index in [2.05, 4.69) is 9.97 Å². The number of imidazole rings is 1. The van der Waals surface area contributed by atoms with Crippen LogP contribution >= 0.6 is 11.6 Å². The number of carbonyl (C=O) groups excluding carboxylic acids is 1. The van der Waals surface area contributed by atoms with Crippen LogP contribution in [0, 0.1) is 17.8 Å². The predicted molar refractivity (Wildman–Crippen MR) is 79.5 cm³/mol. The fourth-order valence-corrected chi connectivity index (χ4v) is 3.64. The number of benzene rings is 1. The summed E-state index contributed by atoms with van der Waals surface area (Å²) in [6, 6.07) is 5.35. The van der Waals surface area contributed by atoms with Crippen molar-refractivity contribution in [3.8, 4) is 0 Å². The van der Waals surface area contributed by atoms with Gasteiger partial charge in [-0.2, -0.15) is 0 Å². The molecular weight excluding hydrogens is 306 g/mol. The van der Waals surface area contributed by atoms with Gasteiger partial charge in [0.15, 0.2) is 0 Å². The average Bonchev–Trinajstić information content (AvgIpc) is 2.82. The van der Waals surface area contributed by atoms with Crippen molar-refractivity contribution in [2.75, 3.05) is 13.1 Å². The van der Waals surface area contributed by atoms with Gasteiger partial charge in [-0.1, -0.05) is 11.6 Å². The van der Waals surface area contributed by atoms with Crippen molar-refractivity contribution >= 4 is 34.5 Å². The van der Waals surface area contributed by atoms with E-state index in [1.165, 1.54) is 0 Å². The van der Waals surface area contributed by atoms with Gasteiger partial charge < -0.3 is 15.0 Å². The number of H-pyrrole nitrogens is 1. The monoisotopic (exact) mass is 319 g/mol. The number of aromatic amines is 1. The number of carbonyl (C=O) groups is 2. The van der Waals surface area contributed by atoms with Gasteiger partial charge in [-0.3, -0.25) is 9.59 Å². The van der Waals surface area contributed by atoms with E-state index in [4.69, 9.17) is 16.7 Å². The lowest BCUT2D eigenvalue weighted by Crippen LogP contribution is -2.33. The van der Waals surface area contributed by atoms with Gasteiger partial charge >= 0.3 is 5.97 Å². The summed E-state index contributed by atoms with van der Waals surface area (Å²) in [6.45, 7) is 1.10. The zero-order valence-corrected chi connectivity index (χ0v) is 12.4. The average molecular weight is 320 g/mol. The van der Waals surface area contributed by atoms with Crippen LogP contribution in [0.5, 0.6) is 0 Å². The fraction of sp³-hybridized carbons (Fsp3) is 0.400. The molecule has 7 heteroatoms. The number of hydrogen-bond acceptors (Lipinski definition) is 3. The first-order chi connectivity index (χ1) is 10.5. The smallest absolute Gasteiger partial charge is 0.307 e. The van der Waals surface area contributed by atoms with E-state index in [0.717, 1.165) is 11.0 Å². The third-order valence-corrected chi connectivity index (χ3v) is 4.88. The molecule has 6 nitrogen and oxygen atoms in total. The van der Waals surface area contributed by atoms with E-state index in [1.54, 1.807) is 17.0 Å². The maximum Gasteiger partial charge on any atom is 0.307 e. The molecule has 2 fully saturated rings. The first-order valence-corrected chi connectivity index (χ1v) is 7.55. The van der Waals surface area contributed by atoms with Crippen LogP contribution in [0.25, 0.3) is 11.0 Å². The summed E-state index contributed by atoms with van der Waals surface area (Å²) >= 11 is 5.93. The van der Waals surface area contributed by atoms with Crippen LogP contribution in [0.1, 0.15) is 5.82 Å². The van der Waals surface area contributed by atoms with E-state index in [0.29, 0.717) is 23.9 Å². The molecular formula is C15H14ClN3O3. The molecule has 1 amide bonds. The number of rotatable bonds is 3. The molecule has 1 saturated carbocycles. The summed E-state index contributed by atoms with van der Waals surface area (Å²) in [5.74, 6) is -0.125. The molecule has 22 heavy (non-hydrogen) atoms. The van der Waals surface area contributed by atoms with Crippen molar-refractivity contribution in [3.63, 3.8) is 0 Å². The van der Waals surface area contributed by atoms with Gasteiger partial charge in [0.25, 0.3) is 0 Å². The Morgan fingerprint density at radius 1 is 1.36 bits per heavy atom. The number of aromatic nitrogens is 2. The van der Waals surface area contributed by atoms with E-state index < -0.39 is 5.97 Å². The second-order valence-corrected chi connectivity index (χ2v) is 6.45. The molecule has 0 spiro atoms. The van der Waals surface area contributed by atoms with Crippen molar-refractivity contribution < 1.29 is 14.7 Å². The van der Waals surface area contributed by atoms with Gasteiger partial charge in [0.05, 0.1) is 23.4 Å². The standard InChI is InChI=1S/C15H14ClN3O3/c16-7-1-2-10-11(3-7)18-12(17-10)4-13(20)19-5-8-9(6-19)14(8)15(21)22/h1-3,8-9,14H,4-6H2,(H,17,18)(H,21,22)/t8-,9+,14?. The number of likely N-dealkylation sites (tertiary alicyclic amines) is 1. The number of aliphatic carboxylic acids is 1. The topological polar surface area (TPSA) is 86.3 Å². The number of amides is 1. The number of hydrogen-bond donors (Lipinski definition) is 2. The Morgan fingerprint density at radius 3 is 2.77 bits per heavy atom. The van der Waals surface area contributed by atoms with E-state index in [1.807, 2.05) is 6.07 Å². The van der Waals surface area contributed by atoms with Crippen LogP contribution in [0.2, 0.25) is 5.02 Å². The normalized spacial score (nSPS) is 26.2. The molecule has 2 aliphatic rings. The van der Waals surface area contributed by atoms with Crippen molar-refractivity contribution in [3.05, 3.63) is 29.0 Å². The van der Waals surface area contributed by atoms with E-state index in [9.17, 15) is 9.59 Å². The lowest BCUT2D eigenvalue weighted by molar-refractivity contribution is -0.140. The van der Waals surface area contributed by atoms with Crippen LogP contribution < -0.4 is 0 Å². The Labute approximate surface area is 131 Å². The molecule has 0 radical (unpaired) electrons. The summed E-state index contributed by atoms with van der Waals surface area (Å²) in [5, 5.41) is 9.61. The van der Waals surface area contributed by atoms with Crippen molar-refractivity contribution in [1.82, 2.24) is 14.9 Å². The van der Waals surface area contributed by atoms with Gasteiger partial charge in [-0.15, -0.1) is 0 Å². The van der Waals surface area contributed by atoms with Crippen LogP contribution in [0.3, 0.4) is 0 Å². The molecule has 3 atom stereocenters. The van der Waals surface area contributed by atoms with E-state index in [-0.39, 0.29) is 30.1 Å². The van der Waals surface area contributed by atoms with Crippen LogP contribution in [0.15, 0.2) is 18.2 Å². The molecule has 1 aliphatic heterocycles. The zero-order valence-electron chi connectivity index (χ0n) is 11.6. The SMILES string of the molecule is O=C(O)C1[C@H]2CN(C(=O)Cc3nc4ccc(Cl)cc4[nH]3)C[C@@H]12. The third kappa shape index (κ3) is 2.14. The summed E-state index contributed by atoms with van der Waals surface area (Å²) in [4.78, 5) is 32.5. The number of carboxylic acids is 1. The van der Waals surface area contributed by atoms with Crippen molar-refractivity contribution in [2.24, 2.45) is 17.8 Å². The minimum absolute atomic E-state index is 0.0125. The Kier molecular flexibility index (Phi) is 2.91. The first-order valence-electron chi connectivity index (χ1n) is 7.17. The number of fused-ring (bicyclic) bond motifs is 2. The summed E-state index contributed by atoms with van der Waals surface area (Å²) in [6.07, 6.45) is 0.198. The minimum Gasteiger partial charge on any atom is -0.481 e. The highest BCUT2D eigenvalue weighted by Crippen LogP contribution is 2.51. The predicted octanol–water partition coefficient (Wildman–Crippen LogP) is 1.55. The van der Waals surface area contributed by atoms with Gasteiger partial charge in [-0.05, 0) is 30.0 Å². The van der Waals surface area contributed by atoms with Gasteiger partial charge in [0, 0.05) is 18.1 Å². The second-order valence-electron chi connectivity index (χ2n) is 6.01. The minimum atomic E-state index is -0.740. The summed E-state index contributed by atoms with van der Waals surface area (Å²) in [7, 11) is 0. The largest absolute Gasteiger partial charge is 0.481 e. The Bertz CT molecular complexity index is 775. The number of piperidine rings is 1. The quantitative estimate of drug-likeness (QED) is 0.898. The molecule has 0 bridgehead atoms. The first kappa shape index (κ1) is 13.6. The number of nitrogens with one attached hydrogen (secondary N) is 1. The zero-order chi connectivity index (χ0) is 15.4. The Morgan fingerprint density at radius 2 is 2.09 bits per heavy atom. The number of carboxylic acid groups (broad SMARTS) is 1. The van der Waals surface area contributed by atoms with Crippen LogP contribution in [0.4, 0.5) is 0 Å². The number of nitrogens with zero attached hydrogens (tertiary/aromatic N) is 2. The molecule has 1 saturated heterocycles. The second kappa shape index (κ2) is 4.71. The lowest BCUT2D eigenvalue weighted by Gasteiger charge is -2.18. The highest BCUT2D eigenvalue weighted by atomic mass is 35.5. The molecule has 1 aliphatic carbocycles. The third-order valence-electron chi connectivity index (χ3n) is 4.64. The number of halogens is 1. The molecule has 1 unspecified atom stereocenters. The van der Waals surface area contributed by atoms with Gasteiger partial charge in [0.1, 0.15) is 5.82 Å². The maximum absolute atomic E-state index is 12.3. The van der Waals surface area contributed by atoms with Gasteiger partial charge in [-0.25, -0.2) is 4.98 Å². The Hall–Kier alpha value is -2.08. The molecule has 114 valence electrons. The molecule has 2 N–H and O–H groups in total. The lowest BCUT2D eigenvalue weighted by atomic mass is 10.2. The Balaban J connectivity index is 1.43. The maximum atomic E-state index is 12.3. The highest BCUT2D eigenvalue weighted by Gasteiger charge is 2.60. The molecule has 1 aromatic carbocycles. The highest BCUT2D eigenvalue weighted by molar-refractivity contribution is 6.31. The van der Waals surface area contributed by atoms with Crippen molar-refractivity contribution in [2.45, 2.75) is 6.42 Å². The molecule has 2 heterocycles. The summed E-state index contributed by atoms with van der Waals surface area (Å²) < 4.78 is 0. The van der Waals surface area contributed by atoms with Crippen LogP contribution in [-0.2, 0) is 16.0 Å². The van der Waals surface area contributed by atoms with Crippen molar-refractivity contribution in [1.29, 1.82) is 0 Å². The molecule has 4 rings (SSSR count). The molecule has 1 aromatic heterocycles. The van der Waals surface area contributed by atoms with Gasteiger partial charge in [0.2, 0.25) is 5.91 Å². The molecule has 2 aromatic rings. The van der Waals surface area contributed by atoms with Crippen LogP contribution in [-0.4, -0.2) is 44.9 Å².